The largest absolute Gasteiger partial charge is 0.352 e. The number of carbonyl (C=O) groups is 2. The molecule has 0 unspecified atom stereocenters. The molecule has 5 nitrogen and oxygen atoms in total. The first-order valence-electron chi connectivity index (χ1n) is 12.4. The lowest BCUT2D eigenvalue weighted by Gasteiger charge is -2.24. The summed E-state index contributed by atoms with van der Waals surface area (Å²) in [5.74, 6) is -0.498. The van der Waals surface area contributed by atoms with Crippen LogP contribution < -0.4 is 10.2 Å². The highest BCUT2D eigenvalue weighted by Crippen LogP contribution is 2.36. The van der Waals surface area contributed by atoms with E-state index in [2.05, 4.69) is 11.4 Å². The van der Waals surface area contributed by atoms with Crippen LogP contribution in [0.3, 0.4) is 0 Å². The normalized spacial score (nSPS) is 14.4. The Morgan fingerprint density at radius 2 is 1.68 bits per heavy atom. The molecule has 0 saturated heterocycles. The zero-order chi connectivity index (χ0) is 26.8. The molecule has 0 fully saturated rings. The number of aryl methyl sites for hydroxylation is 2. The van der Waals surface area contributed by atoms with Gasteiger partial charge in [0.15, 0.2) is 0 Å². The van der Waals surface area contributed by atoms with E-state index in [1.165, 1.54) is 0 Å². The van der Waals surface area contributed by atoms with E-state index < -0.39 is 10.8 Å². The third-order valence-electron chi connectivity index (χ3n) is 6.72. The highest BCUT2D eigenvalue weighted by molar-refractivity contribution is 7.85. The van der Waals surface area contributed by atoms with Crippen molar-refractivity contribution in [2.24, 2.45) is 0 Å². The molecule has 4 aromatic rings. The summed E-state index contributed by atoms with van der Waals surface area (Å²) in [5, 5.41) is 3.62. The minimum absolute atomic E-state index is 0.242. The Labute approximate surface area is 229 Å². The number of anilines is 1. The Morgan fingerprint density at radius 1 is 0.921 bits per heavy atom. The van der Waals surface area contributed by atoms with Crippen LogP contribution in [0.25, 0.3) is 0 Å². The fraction of sp³-hybridized carbons (Fsp3) is 0.161. The van der Waals surface area contributed by atoms with Gasteiger partial charge in [0.05, 0.1) is 38.4 Å². The topological polar surface area (TPSA) is 66.5 Å². The van der Waals surface area contributed by atoms with Crippen molar-refractivity contribution < 1.29 is 13.8 Å². The lowest BCUT2D eigenvalue weighted by molar-refractivity contribution is 0.0950. The van der Waals surface area contributed by atoms with Gasteiger partial charge in [-0.25, -0.2) is 4.21 Å². The van der Waals surface area contributed by atoms with Crippen LogP contribution in [-0.4, -0.2) is 22.6 Å². The van der Waals surface area contributed by atoms with Gasteiger partial charge in [0.1, 0.15) is 0 Å². The van der Waals surface area contributed by atoms with Crippen LogP contribution in [0.1, 0.15) is 43.0 Å². The van der Waals surface area contributed by atoms with Crippen LogP contribution in [-0.2, 0) is 23.8 Å². The molecule has 0 radical (unpaired) electrons. The predicted molar refractivity (Wildman–Crippen MR) is 151 cm³/mol. The van der Waals surface area contributed by atoms with E-state index >= 15 is 0 Å². The molecule has 0 bridgehead atoms. The molecule has 0 spiro atoms. The molecule has 2 amide bonds. The molecule has 4 aromatic carbocycles. The highest BCUT2D eigenvalue weighted by Gasteiger charge is 2.31. The lowest BCUT2D eigenvalue weighted by atomic mass is 10.0. The van der Waals surface area contributed by atoms with Crippen molar-refractivity contribution >= 4 is 39.9 Å². The van der Waals surface area contributed by atoms with Crippen molar-refractivity contribution in [2.75, 3.05) is 11.4 Å². The van der Waals surface area contributed by atoms with E-state index in [1.54, 1.807) is 47.4 Å². The fourth-order valence-corrected chi connectivity index (χ4v) is 6.05. The van der Waals surface area contributed by atoms with E-state index in [9.17, 15) is 13.8 Å². The summed E-state index contributed by atoms with van der Waals surface area (Å²) >= 11 is 5.96. The molecule has 1 aliphatic heterocycles. The van der Waals surface area contributed by atoms with Crippen molar-refractivity contribution in [3.8, 4) is 0 Å². The van der Waals surface area contributed by atoms with Gasteiger partial charge in [0, 0.05) is 17.1 Å². The summed E-state index contributed by atoms with van der Waals surface area (Å²) < 4.78 is 13.6. The molecular formula is C31H27ClN2O3S. The lowest BCUT2D eigenvalue weighted by Crippen LogP contribution is -2.31. The maximum Gasteiger partial charge on any atom is 0.259 e. The number of nitrogens with zero attached hydrogens (tertiary/aromatic N) is 1. The zero-order valence-electron chi connectivity index (χ0n) is 21.2. The van der Waals surface area contributed by atoms with Gasteiger partial charge in [-0.2, -0.15) is 0 Å². The quantitative estimate of drug-likeness (QED) is 0.313. The SMILES string of the molecule is Cc1ccc(C)c(CN2C(=O)c3ccccc3[S@@](=O)c3ccc(C(=O)NCCc4ccc(Cl)cc4)cc32)c1. The average molecular weight is 543 g/mol. The Morgan fingerprint density at radius 3 is 2.47 bits per heavy atom. The molecular weight excluding hydrogens is 516 g/mol. The van der Waals surface area contributed by atoms with Gasteiger partial charge in [-0.1, -0.05) is 59.6 Å². The standard InChI is InChI=1S/C31H27ClN2O3S/c1-20-7-8-21(2)24(17-20)19-34-27-18-23(30(35)33-16-15-22-9-12-25(32)13-10-22)11-14-29(27)38(37)28-6-4-3-5-26(28)31(34)36/h3-14,17-18H,15-16,19H2,1-2H3,(H,33,35)/t38-/m1/s1. The van der Waals surface area contributed by atoms with Crippen LogP contribution in [0.15, 0.2) is 94.7 Å². The Hall–Kier alpha value is -3.74. The van der Waals surface area contributed by atoms with Crippen molar-refractivity contribution in [1.82, 2.24) is 5.32 Å². The third-order valence-corrected chi connectivity index (χ3v) is 8.47. The first kappa shape index (κ1) is 25.9. The second-order valence-corrected chi connectivity index (χ2v) is 11.3. The fourth-order valence-electron chi connectivity index (χ4n) is 4.58. The van der Waals surface area contributed by atoms with E-state index in [1.807, 2.05) is 50.2 Å². The summed E-state index contributed by atoms with van der Waals surface area (Å²) in [7, 11) is -1.58. The van der Waals surface area contributed by atoms with E-state index in [4.69, 9.17) is 11.6 Å². The molecule has 1 heterocycles. The molecule has 0 aromatic heterocycles. The molecule has 1 N–H and O–H groups in total. The Bertz CT molecular complexity index is 1570. The van der Waals surface area contributed by atoms with Crippen LogP contribution >= 0.6 is 11.6 Å². The second-order valence-electron chi connectivity index (χ2n) is 9.40. The Balaban J connectivity index is 1.49. The van der Waals surface area contributed by atoms with Gasteiger partial charge in [-0.05, 0) is 79.4 Å². The minimum Gasteiger partial charge on any atom is -0.352 e. The maximum atomic E-state index is 13.9. The molecule has 1 aliphatic rings. The van der Waals surface area contributed by atoms with E-state index in [-0.39, 0.29) is 11.8 Å². The van der Waals surface area contributed by atoms with Crippen LogP contribution in [0.2, 0.25) is 5.02 Å². The number of hydrogen-bond donors (Lipinski definition) is 1. The molecule has 192 valence electrons. The van der Waals surface area contributed by atoms with Gasteiger partial charge in [-0.15, -0.1) is 0 Å². The Kier molecular flexibility index (Phi) is 7.45. The second kappa shape index (κ2) is 10.9. The summed E-state index contributed by atoms with van der Waals surface area (Å²) in [4.78, 5) is 29.6. The van der Waals surface area contributed by atoms with Crippen LogP contribution in [0.5, 0.6) is 0 Å². The third kappa shape index (κ3) is 5.28. The summed E-state index contributed by atoms with van der Waals surface area (Å²) in [6.45, 7) is 4.76. The van der Waals surface area contributed by atoms with E-state index in [0.717, 1.165) is 22.3 Å². The van der Waals surface area contributed by atoms with Crippen molar-refractivity contribution in [3.63, 3.8) is 0 Å². The smallest absolute Gasteiger partial charge is 0.259 e. The number of hydrogen-bond acceptors (Lipinski definition) is 3. The van der Waals surface area contributed by atoms with E-state index in [0.29, 0.717) is 51.1 Å². The van der Waals surface area contributed by atoms with Gasteiger partial charge in [0.2, 0.25) is 0 Å². The van der Waals surface area contributed by atoms with Crippen molar-refractivity contribution in [1.29, 1.82) is 0 Å². The summed E-state index contributed by atoms with van der Waals surface area (Å²) in [5.41, 5.74) is 5.49. The highest BCUT2D eigenvalue weighted by atomic mass is 35.5. The van der Waals surface area contributed by atoms with Crippen molar-refractivity contribution in [2.45, 2.75) is 36.6 Å². The number of halogens is 1. The van der Waals surface area contributed by atoms with Crippen molar-refractivity contribution in [3.05, 3.63) is 123 Å². The molecule has 1 atom stereocenters. The molecule has 5 rings (SSSR count). The monoisotopic (exact) mass is 542 g/mol. The molecule has 38 heavy (non-hydrogen) atoms. The van der Waals surface area contributed by atoms with Crippen LogP contribution in [0, 0.1) is 13.8 Å². The predicted octanol–water partition coefficient (Wildman–Crippen LogP) is 6.26. The number of amides is 2. The summed E-state index contributed by atoms with van der Waals surface area (Å²) in [6.07, 6.45) is 0.657. The molecule has 7 heteroatoms. The van der Waals surface area contributed by atoms with Gasteiger partial charge in [-0.3, -0.25) is 9.59 Å². The number of carbonyl (C=O) groups excluding carboxylic acids is 2. The van der Waals surface area contributed by atoms with Gasteiger partial charge < -0.3 is 10.2 Å². The van der Waals surface area contributed by atoms with Crippen LogP contribution in [0.4, 0.5) is 5.69 Å². The molecule has 0 aliphatic carbocycles. The maximum absolute atomic E-state index is 13.9. The number of benzene rings is 4. The number of fused-ring (bicyclic) bond motifs is 2. The number of rotatable bonds is 6. The van der Waals surface area contributed by atoms with Gasteiger partial charge >= 0.3 is 0 Å². The molecule has 0 saturated carbocycles. The first-order valence-corrected chi connectivity index (χ1v) is 13.9. The average Bonchev–Trinajstić information content (AvgIpc) is 3.01. The van der Waals surface area contributed by atoms with Gasteiger partial charge in [0.25, 0.3) is 11.8 Å². The minimum atomic E-state index is -1.58. The first-order chi connectivity index (χ1) is 18.3. The zero-order valence-corrected chi connectivity index (χ0v) is 22.7. The summed E-state index contributed by atoms with van der Waals surface area (Å²) in [6, 6.07) is 25.7. The number of nitrogens with one attached hydrogen (secondary N) is 1.